The molecule has 1 aromatic carbocycles. The lowest BCUT2D eigenvalue weighted by Crippen LogP contribution is -2.51. The monoisotopic (exact) mass is 343 g/mol. The fourth-order valence-corrected chi connectivity index (χ4v) is 4.02. The maximum Gasteiger partial charge on any atom is 0.243 e. The molecular formula is C20H29N3O2. The van der Waals surface area contributed by atoms with Gasteiger partial charge in [-0.1, -0.05) is 29.8 Å². The number of rotatable bonds is 4. The van der Waals surface area contributed by atoms with E-state index in [9.17, 15) is 9.59 Å². The van der Waals surface area contributed by atoms with Crippen molar-refractivity contribution in [3.05, 3.63) is 35.4 Å². The Morgan fingerprint density at radius 1 is 1.16 bits per heavy atom. The van der Waals surface area contributed by atoms with E-state index in [0.29, 0.717) is 6.54 Å². The molecule has 25 heavy (non-hydrogen) atoms. The Kier molecular flexibility index (Phi) is 5.74. The van der Waals surface area contributed by atoms with E-state index >= 15 is 0 Å². The summed E-state index contributed by atoms with van der Waals surface area (Å²) in [6, 6.07) is 8.62. The number of aryl methyl sites for hydroxylation is 1. The second-order valence-electron chi connectivity index (χ2n) is 7.42. The van der Waals surface area contributed by atoms with Crippen molar-refractivity contribution in [3.63, 3.8) is 0 Å². The molecule has 2 aliphatic heterocycles. The molecule has 136 valence electrons. The molecule has 2 amide bonds. The Hall–Kier alpha value is -1.88. The highest BCUT2D eigenvalue weighted by Gasteiger charge is 2.33. The van der Waals surface area contributed by atoms with Crippen molar-refractivity contribution in [2.45, 2.75) is 58.2 Å². The summed E-state index contributed by atoms with van der Waals surface area (Å²) in [6.07, 6.45) is 3.67. The molecule has 2 saturated heterocycles. The van der Waals surface area contributed by atoms with Crippen LogP contribution in [-0.2, 0) is 16.1 Å². The van der Waals surface area contributed by atoms with Gasteiger partial charge in [0, 0.05) is 39.1 Å². The SMILES string of the molecule is CC(=O)N1CCCC1C(=O)NC1CCN(Cc2cccc(C)c2)CC1. The number of nitrogens with zero attached hydrogens (tertiary/aromatic N) is 2. The van der Waals surface area contributed by atoms with Gasteiger partial charge in [-0.3, -0.25) is 14.5 Å². The fourth-order valence-electron chi connectivity index (χ4n) is 4.02. The van der Waals surface area contributed by atoms with E-state index in [2.05, 4.69) is 41.4 Å². The highest BCUT2D eigenvalue weighted by Crippen LogP contribution is 2.19. The molecule has 0 aliphatic carbocycles. The van der Waals surface area contributed by atoms with Gasteiger partial charge in [0.1, 0.15) is 6.04 Å². The van der Waals surface area contributed by atoms with Crippen LogP contribution < -0.4 is 5.32 Å². The molecule has 0 spiro atoms. The van der Waals surface area contributed by atoms with Gasteiger partial charge in [-0.15, -0.1) is 0 Å². The number of carbonyl (C=O) groups is 2. The highest BCUT2D eigenvalue weighted by atomic mass is 16.2. The van der Waals surface area contributed by atoms with Gasteiger partial charge in [0.2, 0.25) is 11.8 Å². The van der Waals surface area contributed by atoms with E-state index in [1.54, 1.807) is 11.8 Å². The Balaban J connectivity index is 1.46. The summed E-state index contributed by atoms with van der Waals surface area (Å²) in [7, 11) is 0. The molecule has 0 bridgehead atoms. The molecule has 1 N–H and O–H groups in total. The predicted octanol–water partition coefficient (Wildman–Crippen LogP) is 2.09. The van der Waals surface area contributed by atoms with Crippen LogP contribution in [0, 0.1) is 6.92 Å². The molecule has 1 unspecified atom stereocenters. The van der Waals surface area contributed by atoms with Crippen molar-refractivity contribution in [2.24, 2.45) is 0 Å². The van der Waals surface area contributed by atoms with Gasteiger partial charge < -0.3 is 10.2 Å². The van der Waals surface area contributed by atoms with Gasteiger partial charge in [-0.2, -0.15) is 0 Å². The van der Waals surface area contributed by atoms with E-state index in [4.69, 9.17) is 0 Å². The van der Waals surface area contributed by atoms with Gasteiger partial charge in [-0.25, -0.2) is 0 Å². The minimum absolute atomic E-state index is 0.00521. The normalized spacial score (nSPS) is 22.2. The maximum absolute atomic E-state index is 12.5. The van der Waals surface area contributed by atoms with E-state index < -0.39 is 0 Å². The van der Waals surface area contributed by atoms with Crippen molar-refractivity contribution < 1.29 is 9.59 Å². The molecule has 5 nitrogen and oxygen atoms in total. The Labute approximate surface area is 150 Å². The fraction of sp³-hybridized carbons (Fsp3) is 0.600. The third-order valence-electron chi connectivity index (χ3n) is 5.38. The average Bonchev–Trinajstić information content (AvgIpc) is 3.07. The van der Waals surface area contributed by atoms with E-state index in [1.807, 2.05) is 0 Å². The summed E-state index contributed by atoms with van der Waals surface area (Å²) in [5.41, 5.74) is 2.65. The number of hydrogen-bond donors (Lipinski definition) is 1. The molecule has 0 saturated carbocycles. The van der Waals surface area contributed by atoms with Gasteiger partial charge in [0.05, 0.1) is 0 Å². The Morgan fingerprint density at radius 3 is 2.60 bits per heavy atom. The second-order valence-corrected chi connectivity index (χ2v) is 7.42. The largest absolute Gasteiger partial charge is 0.351 e. The lowest BCUT2D eigenvalue weighted by molar-refractivity contribution is -0.137. The molecule has 2 aliphatic rings. The molecule has 2 heterocycles. The van der Waals surface area contributed by atoms with Crippen molar-refractivity contribution in [1.29, 1.82) is 0 Å². The van der Waals surface area contributed by atoms with Crippen LogP contribution in [0.15, 0.2) is 24.3 Å². The summed E-state index contributed by atoms with van der Waals surface area (Å²) in [4.78, 5) is 28.3. The Bertz CT molecular complexity index is 623. The zero-order valence-electron chi connectivity index (χ0n) is 15.3. The first-order valence-electron chi connectivity index (χ1n) is 9.38. The third-order valence-corrected chi connectivity index (χ3v) is 5.38. The van der Waals surface area contributed by atoms with Crippen molar-refractivity contribution >= 4 is 11.8 Å². The number of benzene rings is 1. The van der Waals surface area contributed by atoms with Crippen molar-refractivity contribution in [3.8, 4) is 0 Å². The van der Waals surface area contributed by atoms with Crippen LogP contribution >= 0.6 is 0 Å². The number of piperidine rings is 1. The third kappa shape index (κ3) is 4.60. The standard InChI is InChI=1S/C20H29N3O2/c1-15-5-3-6-17(13-15)14-22-11-8-18(9-12-22)21-20(25)19-7-4-10-23(19)16(2)24/h3,5-6,13,18-19H,4,7-12,14H2,1-2H3,(H,21,25). The second kappa shape index (κ2) is 8.00. The molecule has 1 atom stereocenters. The molecular weight excluding hydrogens is 314 g/mol. The maximum atomic E-state index is 12.5. The van der Waals surface area contributed by atoms with Crippen molar-refractivity contribution in [2.75, 3.05) is 19.6 Å². The zero-order valence-corrected chi connectivity index (χ0v) is 15.3. The lowest BCUT2D eigenvalue weighted by Gasteiger charge is -2.33. The minimum atomic E-state index is -0.261. The van der Waals surface area contributed by atoms with Gasteiger partial charge in [0.15, 0.2) is 0 Å². The molecule has 3 rings (SSSR count). The Morgan fingerprint density at radius 2 is 1.92 bits per heavy atom. The molecule has 1 aromatic rings. The van der Waals surface area contributed by atoms with Crippen LogP contribution in [0.1, 0.15) is 43.7 Å². The molecule has 5 heteroatoms. The van der Waals surface area contributed by atoms with Crippen LogP contribution in [-0.4, -0.2) is 53.3 Å². The molecule has 2 fully saturated rings. The number of carbonyl (C=O) groups excluding carboxylic acids is 2. The van der Waals surface area contributed by atoms with E-state index in [0.717, 1.165) is 45.3 Å². The zero-order chi connectivity index (χ0) is 17.8. The average molecular weight is 343 g/mol. The molecule has 0 aromatic heterocycles. The first-order chi connectivity index (χ1) is 12.0. The van der Waals surface area contributed by atoms with Gasteiger partial charge >= 0.3 is 0 Å². The topological polar surface area (TPSA) is 52.7 Å². The van der Waals surface area contributed by atoms with Crippen LogP contribution in [0.25, 0.3) is 0 Å². The predicted molar refractivity (Wildman–Crippen MR) is 98.0 cm³/mol. The molecule has 0 radical (unpaired) electrons. The smallest absolute Gasteiger partial charge is 0.243 e. The van der Waals surface area contributed by atoms with Crippen LogP contribution in [0.3, 0.4) is 0 Å². The van der Waals surface area contributed by atoms with Crippen LogP contribution in [0.5, 0.6) is 0 Å². The minimum Gasteiger partial charge on any atom is -0.351 e. The summed E-state index contributed by atoms with van der Waals surface area (Å²) in [6.45, 7) is 7.36. The van der Waals surface area contributed by atoms with Crippen LogP contribution in [0.2, 0.25) is 0 Å². The van der Waals surface area contributed by atoms with Crippen LogP contribution in [0.4, 0.5) is 0 Å². The number of amides is 2. The quantitative estimate of drug-likeness (QED) is 0.911. The lowest BCUT2D eigenvalue weighted by atomic mass is 10.0. The first-order valence-corrected chi connectivity index (χ1v) is 9.38. The van der Waals surface area contributed by atoms with E-state index in [1.165, 1.54) is 11.1 Å². The van der Waals surface area contributed by atoms with Crippen molar-refractivity contribution in [1.82, 2.24) is 15.1 Å². The number of likely N-dealkylation sites (tertiary alicyclic amines) is 2. The van der Waals surface area contributed by atoms with E-state index in [-0.39, 0.29) is 23.9 Å². The number of nitrogens with one attached hydrogen (secondary N) is 1. The highest BCUT2D eigenvalue weighted by molar-refractivity contribution is 5.87. The summed E-state index contributed by atoms with van der Waals surface area (Å²) in [5, 5.41) is 3.18. The van der Waals surface area contributed by atoms with Gasteiger partial charge in [0.25, 0.3) is 0 Å². The summed E-state index contributed by atoms with van der Waals surface area (Å²) >= 11 is 0. The first kappa shape index (κ1) is 17.9. The van der Waals surface area contributed by atoms with Gasteiger partial charge in [-0.05, 0) is 38.2 Å². The summed E-state index contributed by atoms with van der Waals surface area (Å²) < 4.78 is 0. The number of hydrogen-bond acceptors (Lipinski definition) is 3. The summed E-state index contributed by atoms with van der Waals surface area (Å²) in [5.74, 6) is 0.0375.